The van der Waals surface area contributed by atoms with Gasteiger partial charge in [0.15, 0.2) is 0 Å². The minimum Gasteiger partial charge on any atom is -0.495 e. The van der Waals surface area contributed by atoms with Crippen LogP contribution in [-0.4, -0.2) is 40.7 Å². The minimum atomic E-state index is -3.85. The third-order valence-electron chi connectivity index (χ3n) is 5.31. The number of amides is 1. The van der Waals surface area contributed by atoms with Gasteiger partial charge in [-0.1, -0.05) is 12.1 Å². The summed E-state index contributed by atoms with van der Waals surface area (Å²) in [7, 11) is -2.41. The van der Waals surface area contributed by atoms with E-state index in [1.807, 2.05) is 13.0 Å². The molecule has 7 nitrogen and oxygen atoms in total. The Hall–Kier alpha value is -2.58. The molecular weight excluding hydrogens is 392 g/mol. The van der Waals surface area contributed by atoms with Crippen LogP contribution in [0, 0.1) is 6.92 Å². The quantitative estimate of drug-likeness (QED) is 0.810. The molecule has 0 saturated carbocycles. The fraction of sp³-hybridized carbons (Fsp3) is 0.381. The largest absolute Gasteiger partial charge is 0.495 e. The van der Waals surface area contributed by atoms with Gasteiger partial charge in [0, 0.05) is 18.8 Å². The summed E-state index contributed by atoms with van der Waals surface area (Å²) in [5.41, 5.74) is 2.97. The Morgan fingerprint density at radius 3 is 2.79 bits per heavy atom. The SMILES string of the molecule is COc1ccc(C)cc1S(=O)(=O)Nc1ccc2c(c1)N(C(=O)[C@H]1CCCO1)CC2. The molecule has 0 bridgehead atoms. The van der Waals surface area contributed by atoms with Crippen molar-refractivity contribution in [2.24, 2.45) is 0 Å². The number of hydrogen-bond donors (Lipinski definition) is 1. The van der Waals surface area contributed by atoms with E-state index in [0.29, 0.717) is 18.8 Å². The van der Waals surface area contributed by atoms with Gasteiger partial charge in [-0.25, -0.2) is 8.42 Å². The van der Waals surface area contributed by atoms with Crippen LogP contribution < -0.4 is 14.4 Å². The molecule has 0 aromatic heterocycles. The molecule has 2 aliphatic heterocycles. The zero-order chi connectivity index (χ0) is 20.6. The van der Waals surface area contributed by atoms with Crippen molar-refractivity contribution in [1.82, 2.24) is 0 Å². The molecule has 154 valence electrons. The second-order valence-corrected chi connectivity index (χ2v) is 9.00. The second kappa shape index (κ2) is 7.68. The van der Waals surface area contributed by atoms with Gasteiger partial charge in [-0.2, -0.15) is 0 Å². The Morgan fingerprint density at radius 2 is 2.07 bits per heavy atom. The standard InChI is InChI=1S/C21H24N2O5S/c1-14-5-8-18(27-2)20(12-14)29(25,26)22-16-7-6-15-9-10-23(17(15)13-16)21(24)19-4-3-11-28-19/h5-8,12-13,19,22H,3-4,9-11H2,1-2H3/t19-/m1/s1. The first kappa shape index (κ1) is 19.7. The number of carbonyl (C=O) groups excluding carboxylic acids is 1. The van der Waals surface area contributed by atoms with Crippen molar-refractivity contribution in [2.45, 2.75) is 37.2 Å². The monoisotopic (exact) mass is 416 g/mol. The number of sulfonamides is 1. The molecule has 0 aliphatic carbocycles. The number of nitrogens with one attached hydrogen (secondary N) is 1. The van der Waals surface area contributed by atoms with Crippen LogP contribution in [0.25, 0.3) is 0 Å². The highest BCUT2D eigenvalue weighted by molar-refractivity contribution is 7.92. The normalized spacial score (nSPS) is 18.6. The lowest BCUT2D eigenvalue weighted by Gasteiger charge is -2.21. The molecule has 2 aromatic rings. The van der Waals surface area contributed by atoms with Gasteiger partial charge >= 0.3 is 0 Å². The summed E-state index contributed by atoms with van der Waals surface area (Å²) in [5.74, 6) is 0.223. The summed E-state index contributed by atoms with van der Waals surface area (Å²) < 4.78 is 39.3. The van der Waals surface area contributed by atoms with E-state index in [0.717, 1.165) is 36.1 Å². The smallest absolute Gasteiger partial charge is 0.265 e. The summed E-state index contributed by atoms with van der Waals surface area (Å²) in [6.07, 6.45) is 1.95. The topological polar surface area (TPSA) is 84.9 Å². The summed E-state index contributed by atoms with van der Waals surface area (Å²) in [4.78, 5) is 14.6. The van der Waals surface area contributed by atoms with E-state index in [-0.39, 0.29) is 16.6 Å². The van der Waals surface area contributed by atoms with Crippen molar-refractivity contribution in [3.63, 3.8) is 0 Å². The molecule has 1 atom stereocenters. The number of benzene rings is 2. The van der Waals surface area contributed by atoms with Gasteiger partial charge in [0.25, 0.3) is 15.9 Å². The number of nitrogens with zero attached hydrogens (tertiary/aromatic N) is 1. The summed E-state index contributed by atoms with van der Waals surface area (Å²) in [5, 5.41) is 0. The predicted molar refractivity (Wildman–Crippen MR) is 110 cm³/mol. The van der Waals surface area contributed by atoms with Crippen LogP contribution in [0.15, 0.2) is 41.3 Å². The number of rotatable bonds is 5. The van der Waals surface area contributed by atoms with E-state index < -0.39 is 16.1 Å². The van der Waals surface area contributed by atoms with Crippen molar-refractivity contribution < 1.29 is 22.7 Å². The van der Waals surface area contributed by atoms with Crippen LogP contribution in [-0.2, 0) is 26.0 Å². The Kier molecular flexibility index (Phi) is 5.23. The first-order valence-corrected chi connectivity index (χ1v) is 11.1. The van der Waals surface area contributed by atoms with Crippen LogP contribution in [0.3, 0.4) is 0 Å². The van der Waals surface area contributed by atoms with Crippen molar-refractivity contribution >= 4 is 27.3 Å². The van der Waals surface area contributed by atoms with E-state index in [1.165, 1.54) is 7.11 Å². The lowest BCUT2D eigenvalue weighted by molar-refractivity contribution is -0.127. The number of methoxy groups -OCH3 is 1. The maximum Gasteiger partial charge on any atom is 0.265 e. The molecule has 2 aromatic carbocycles. The Labute approximate surface area is 170 Å². The van der Waals surface area contributed by atoms with Crippen molar-refractivity contribution in [3.8, 4) is 5.75 Å². The third kappa shape index (κ3) is 3.82. The number of anilines is 2. The van der Waals surface area contributed by atoms with Gasteiger partial charge in [0.05, 0.1) is 12.8 Å². The zero-order valence-electron chi connectivity index (χ0n) is 16.5. The van der Waals surface area contributed by atoms with Crippen LogP contribution >= 0.6 is 0 Å². The Bertz CT molecular complexity index is 1050. The van der Waals surface area contributed by atoms with Gasteiger partial charge in [-0.3, -0.25) is 9.52 Å². The highest BCUT2D eigenvalue weighted by atomic mass is 32.2. The average molecular weight is 416 g/mol. The number of fused-ring (bicyclic) bond motifs is 1. The lowest BCUT2D eigenvalue weighted by atomic mass is 10.1. The fourth-order valence-electron chi connectivity index (χ4n) is 3.82. The number of carbonyl (C=O) groups is 1. The molecule has 8 heteroatoms. The van der Waals surface area contributed by atoms with E-state index in [4.69, 9.17) is 9.47 Å². The van der Waals surface area contributed by atoms with Gasteiger partial charge in [0.1, 0.15) is 16.7 Å². The molecule has 1 N–H and O–H groups in total. The molecule has 1 saturated heterocycles. The third-order valence-corrected chi connectivity index (χ3v) is 6.72. The van der Waals surface area contributed by atoms with E-state index in [9.17, 15) is 13.2 Å². The molecule has 1 amide bonds. The van der Waals surface area contributed by atoms with Gasteiger partial charge in [-0.15, -0.1) is 0 Å². The van der Waals surface area contributed by atoms with Crippen LogP contribution in [0.5, 0.6) is 5.75 Å². The number of ether oxygens (including phenoxy) is 2. The van der Waals surface area contributed by atoms with E-state index >= 15 is 0 Å². The number of aryl methyl sites for hydroxylation is 1. The Morgan fingerprint density at radius 1 is 1.24 bits per heavy atom. The zero-order valence-corrected chi connectivity index (χ0v) is 17.3. The molecule has 2 heterocycles. The Balaban J connectivity index is 1.62. The number of hydrogen-bond acceptors (Lipinski definition) is 5. The molecule has 1 fully saturated rings. The summed E-state index contributed by atoms with van der Waals surface area (Å²) in [6.45, 7) is 3.01. The molecule has 2 aliphatic rings. The molecule has 29 heavy (non-hydrogen) atoms. The van der Waals surface area contributed by atoms with Gasteiger partial charge in [0.2, 0.25) is 0 Å². The highest BCUT2D eigenvalue weighted by Gasteiger charge is 2.33. The first-order valence-electron chi connectivity index (χ1n) is 9.62. The first-order chi connectivity index (χ1) is 13.9. The fourth-order valence-corrected chi connectivity index (χ4v) is 5.13. The van der Waals surface area contributed by atoms with Crippen molar-refractivity contribution in [1.29, 1.82) is 0 Å². The van der Waals surface area contributed by atoms with Crippen LogP contribution in [0.4, 0.5) is 11.4 Å². The van der Waals surface area contributed by atoms with Gasteiger partial charge in [-0.05, 0) is 61.6 Å². The van der Waals surface area contributed by atoms with Crippen LogP contribution in [0.2, 0.25) is 0 Å². The van der Waals surface area contributed by atoms with Crippen molar-refractivity contribution in [3.05, 3.63) is 47.5 Å². The predicted octanol–water partition coefficient (Wildman–Crippen LogP) is 2.87. The van der Waals surface area contributed by atoms with Crippen LogP contribution in [0.1, 0.15) is 24.0 Å². The summed E-state index contributed by atoms with van der Waals surface area (Å²) >= 11 is 0. The molecule has 0 spiro atoms. The summed E-state index contributed by atoms with van der Waals surface area (Å²) in [6, 6.07) is 10.3. The highest BCUT2D eigenvalue weighted by Crippen LogP contribution is 2.34. The lowest BCUT2D eigenvalue weighted by Crippen LogP contribution is -2.37. The maximum absolute atomic E-state index is 13.0. The second-order valence-electron chi connectivity index (χ2n) is 7.34. The maximum atomic E-state index is 13.0. The molecule has 0 radical (unpaired) electrons. The molecule has 4 rings (SSSR count). The van der Waals surface area contributed by atoms with Crippen molar-refractivity contribution in [2.75, 3.05) is 29.9 Å². The van der Waals surface area contributed by atoms with E-state index in [2.05, 4.69) is 4.72 Å². The van der Waals surface area contributed by atoms with Gasteiger partial charge < -0.3 is 14.4 Å². The minimum absolute atomic E-state index is 0.0541. The molecular formula is C21H24N2O5S. The average Bonchev–Trinajstić information content (AvgIpc) is 3.37. The van der Waals surface area contributed by atoms with E-state index in [1.54, 1.807) is 35.2 Å². The molecule has 0 unspecified atom stereocenters.